The summed E-state index contributed by atoms with van der Waals surface area (Å²) in [4.78, 5) is 48.5. The van der Waals surface area contributed by atoms with Crippen LogP contribution in [-0.2, 0) is 19.2 Å². The van der Waals surface area contributed by atoms with E-state index >= 15 is 0 Å². The third-order valence-corrected chi connectivity index (χ3v) is 6.00. The van der Waals surface area contributed by atoms with Gasteiger partial charge in [-0.2, -0.15) is 0 Å². The van der Waals surface area contributed by atoms with Crippen molar-refractivity contribution in [3.05, 3.63) is 11.6 Å². The number of ketones is 2. The van der Waals surface area contributed by atoms with Gasteiger partial charge in [-0.15, -0.1) is 0 Å². The lowest BCUT2D eigenvalue weighted by Gasteiger charge is -2.37. The summed E-state index contributed by atoms with van der Waals surface area (Å²) in [6.45, 7) is 2.91. The average molecular weight is 347 g/mol. The molecule has 1 amide bonds. The summed E-state index contributed by atoms with van der Waals surface area (Å²) in [5, 5.41) is 8.68. The van der Waals surface area contributed by atoms with E-state index in [1.165, 1.54) is 6.92 Å². The van der Waals surface area contributed by atoms with E-state index in [0.717, 1.165) is 25.0 Å². The number of aliphatic carboxylic acids is 1. The lowest BCUT2D eigenvalue weighted by atomic mass is 9.66. The van der Waals surface area contributed by atoms with E-state index in [1.54, 1.807) is 6.08 Å². The van der Waals surface area contributed by atoms with Crippen LogP contribution in [0.2, 0.25) is 0 Å². The molecule has 2 unspecified atom stereocenters. The van der Waals surface area contributed by atoms with Crippen LogP contribution in [0.4, 0.5) is 0 Å². The van der Waals surface area contributed by atoms with E-state index in [2.05, 4.69) is 0 Å². The van der Waals surface area contributed by atoms with Gasteiger partial charge in [-0.05, 0) is 56.4 Å². The van der Waals surface area contributed by atoms with Gasteiger partial charge in [-0.3, -0.25) is 19.2 Å². The molecular weight excluding hydrogens is 322 g/mol. The van der Waals surface area contributed by atoms with Gasteiger partial charge in [0.25, 0.3) is 0 Å². The highest BCUT2D eigenvalue weighted by Crippen LogP contribution is 2.46. The van der Waals surface area contributed by atoms with Crippen LogP contribution in [0.1, 0.15) is 45.4 Å². The first-order valence-corrected chi connectivity index (χ1v) is 9.09. The molecule has 3 rings (SSSR count). The maximum Gasteiger partial charge on any atom is 0.303 e. The number of Topliss-reactive ketones (excluding diaryl/α,β-unsaturated/α-hetero) is 1. The van der Waals surface area contributed by atoms with Gasteiger partial charge in [-0.1, -0.05) is 5.57 Å². The van der Waals surface area contributed by atoms with Crippen LogP contribution >= 0.6 is 0 Å². The van der Waals surface area contributed by atoms with Crippen molar-refractivity contribution in [1.82, 2.24) is 4.90 Å². The Morgan fingerprint density at radius 1 is 1.16 bits per heavy atom. The number of fused-ring (bicyclic) bond motifs is 2. The maximum absolute atomic E-state index is 12.3. The van der Waals surface area contributed by atoms with Crippen molar-refractivity contribution in [3.63, 3.8) is 0 Å². The zero-order valence-corrected chi connectivity index (χ0v) is 14.6. The molecule has 136 valence electrons. The van der Waals surface area contributed by atoms with Crippen molar-refractivity contribution in [2.24, 2.45) is 23.7 Å². The molecule has 3 aliphatic rings. The van der Waals surface area contributed by atoms with Crippen LogP contribution in [0.3, 0.4) is 0 Å². The SMILES string of the molecule is CC(=O)C1CC2C[C@H]3CN(C(=O)CCCC(=O)O)C[C@H]3CC2=CC1=O. The van der Waals surface area contributed by atoms with E-state index in [9.17, 15) is 19.2 Å². The monoisotopic (exact) mass is 347 g/mol. The Labute approximate surface area is 147 Å². The van der Waals surface area contributed by atoms with Crippen LogP contribution in [-0.4, -0.2) is 46.5 Å². The molecule has 2 aliphatic carbocycles. The number of allylic oxidation sites excluding steroid dienone is 2. The Morgan fingerprint density at radius 3 is 2.56 bits per heavy atom. The molecule has 2 fully saturated rings. The van der Waals surface area contributed by atoms with Crippen molar-refractivity contribution >= 4 is 23.4 Å². The fourth-order valence-corrected chi connectivity index (χ4v) is 4.65. The van der Waals surface area contributed by atoms with Crippen LogP contribution in [0.15, 0.2) is 11.6 Å². The quantitative estimate of drug-likeness (QED) is 0.766. The molecule has 1 saturated carbocycles. The molecule has 6 nitrogen and oxygen atoms in total. The van der Waals surface area contributed by atoms with Gasteiger partial charge >= 0.3 is 5.97 Å². The minimum atomic E-state index is -0.872. The Hall–Kier alpha value is -1.98. The first kappa shape index (κ1) is 17.8. The number of likely N-dealkylation sites (tertiary alicyclic amines) is 1. The number of hydrogen-bond donors (Lipinski definition) is 1. The molecule has 0 aromatic heterocycles. The van der Waals surface area contributed by atoms with Crippen molar-refractivity contribution < 1.29 is 24.3 Å². The Bertz CT molecular complexity index is 638. The number of amides is 1. The van der Waals surface area contributed by atoms with Crippen LogP contribution in [0.5, 0.6) is 0 Å². The fourth-order valence-electron chi connectivity index (χ4n) is 4.65. The standard InChI is InChI=1S/C19H25NO5/c1-11(21)16-7-12-5-14-9-20(18(23)3-2-4-19(24)25)10-15(14)6-13(12)8-17(16)22/h8,12,14-16H,2-7,9-10H2,1H3,(H,24,25)/t12?,14-,15+,16?/m0/s1. The van der Waals surface area contributed by atoms with Gasteiger partial charge in [0, 0.05) is 25.9 Å². The van der Waals surface area contributed by atoms with Gasteiger partial charge in [0.15, 0.2) is 5.78 Å². The number of carboxylic acid groups (broad SMARTS) is 1. The third kappa shape index (κ3) is 3.83. The highest BCUT2D eigenvalue weighted by Gasteiger charge is 2.44. The Balaban J connectivity index is 1.60. The second kappa shape index (κ2) is 7.10. The molecule has 4 atom stereocenters. The van der Waals surface area contributed by atoms with Crippen LogP contribution in [0.25, 0.3) is 0 Å². The third-order valence-electron chi connectivity index (χ3n) is 6.00. The normalized spacial score (nSPS) is 31.2. The Kier molecular flexibility index (Phi) is 5.06. The lowest BCUT2D eigenvalue weighted by molar-refractivity contribution is -0.137. The van der Waals surface area contributed by atoms with E-state index in [-0.39, 0.29) is 36.2 Å². The summed E-state index contributed by atoms with van der Waals surface area (Å²) in [5.41, 5.74) is 1.16. The number of carbonyl (C=O) groups excluding carboxylic acids is 3. The molecule has 6 heteroatoms. The molecular formula is C19H25NO5. The number of rotatable bonds is 5. The topological polar surface area (TPSA) is 91.8 Å². The van der Waals surface area contributed by atoms with Gasteiger partial charge in [-0.25, -0.2) is 0 Å². The maximum atomic E-state index is 12.3. The molecule has 1 N–H and O–H groups in total. The zero-order valence-electron chi connectivity index (χ0n) is 14.6. The summed E-state index contributed by atoms with van der Waals surface area (Å²) in [5.74, 6) is -0.343. The summed E-state index contributed by atoms with van der Waals surface area (Å²) in [6.07, 6.45) is 4.77. The summed E-state index contributed by atoms with van der Waals surface area (Å²) in [6, 6.07) is 0. The predicted octanol–water partition coefficient (Wildman–Crippen LogP) is 1.83. The molecule has 25 heavy (non-hydrogen) atoms. The summed E-state index contributed by atoms with van der Waals surface area (Å²) >= 11 is 0. The van der Waals surface area contributed by atoms with Gasteiger partial charge < -0.3 is 10.0 Å². The molecule has 1 heterocycles. The highest BCUT2D eigenvalue weighted by atomic mass is 16.4. The second-order valence-corrected chi connectivity index (χ2v) is 7.72. The lowest BCUT2D eigenvalue weighted by Crippen LogP contribution is -2.34. The minimum Gasteiger partial charge on any atom is -0.481 e. The van der Waals surface area contributed by atoms with Gasteiger partial charge in [0.05, 0.1) is 5.92 Å². The molecule has 0 aromatic carbocycles. The smallest absolute Gasteiger partial charge is 0.303 e. The van der Waals surface area contributed by atoms with E-state index in [4.69, 9.17) is 5.11 Å². The average Bonchev–Trinajstić information content (AvgIpc) is 2.94. The molecule has 1 saturated heterocycles. The number of carboxylic acids is 1. The highest BCUT2D eigenvalue weighted by molar-refractivity contribution is 6.07. The van der Waals surface area contributed by atoms with Crippen molar-refractivity contribution in [2.75, 3.05) is 13.1 Å². The first-order valence-electron chi connectivity index (χ1n) is 9.09. The van der Waals surface area contributed by atoms with Crippen LogP contribution < -0.4 is 0 Å². The largest absolute Gasteiger partial charge is 0.481 e. The van der Waals surface area contributed by atoms with E-state index in [0.29, 0.717) is 31.2 Å². The predicted molar refractivity (Wildman–Crippen MR) is 89.6 cm³/mol. The van der Waals surface area contributed by atoms with E-state index < -0.39 is 11.9 Å². The van der Waals surface area contributed by atoms with Crippen molar-refractivity contribution in [3.8, 4) is 0 Å². The second-order valence-electron chi connectivity index (χ2n) is 7.72. The minimum absolute atomic E-state index is 0.0238. The molecule has 0 spiro atoms. The first-order chi connectivity index (χ1) is 11.8. The van der Waals surface area contributed by atoms with Crippen LogP contribution in [0, 0.1) is 23.7 Å². The Morgan fingerprint density at radius 2 is 1.88 bits per heavy atom. The van der Waals surface area contributed by atoms with Gasteiger partial charge in [0.1, 0.15) is 5.78 Å². The number of hydrogen-bond acceptors (Lipinski definition) is 4. The summed E-state index contributed by atoms with van der Waals surface area (Å²) in [7, 11) is 0. The molecule has 0 bridgehead atoms. The molecule has 0 aromatic rings. The number of carbonyl (C=O) groups is 4. The molecule has 1 aliphatic heterocycles. The van der Waals surface area contributed by atoms with Gasteiger partial charge in [0.2, 0.25) is 5.91 Å². The molecule has 0 radical (unpaired) electrons. The van der Waals surface area contributed by atoms with E-state index in [1.807, 2.05) is 4.90 Å². The van der Waals surface area contributed by atoms with Crippen molar-refractivity contribution in [2.45, 2.75) is 45.4 Å². The summed E-state index contributed by atoms with van der Waals surface area (Å²) < 4.78 is 0. The van der Waals surface area contributed by atoms with Crippen molar-refractivity contribution in [1.29, 1.82) is 0 Å². The fraction of sp³-hybridized carbons (Fsp3) is 0.684. The number of nitrogens with zero attached hydrogens (tertiary/aromatic N) is 1. The zero-order chi connectivity index (χ0) is 18.1.